The smallest absolute Gasteiger partial charge is 0.377 e. The Bertz CT molecular complexity index is 287. The normalized spacial score (nSPS) is 34.5. The van der Waals surface area contributed by atoms with Gasteiger partial charge in [-0.2, -0.15) is 13.2 Å². The van der Waals surface area contributed by atoms with Gasteiger partial charge in [0, 0.05) is 13.5 Å². The van der Waals surface area contributed by atoms with Gasteiger partial charge >= 0.3 is 12.1 Å². The third kappa shape index (κ3) is 3.72. The highest BCUT2D eigenvalue weighted by molar-refractivity contribution is 6.19. The first-order valence-electron chi connectivity index (χ1n) is 4.95. The molecule has 0 aliphatic carbocycles. The van der Waals surface area contributed by atoms with Gasteiger partial charge in [-0.3, -0.25) is 4.79 Å². The Balaban J connectivity index is 2.69. The minimum Gasteiger partial charge on any atom is -0.377 e. The molecule has 1 saturated heterocycles. The fourth-order valence-corrected chi connectivity index (χ4v) is 2.13. The van der Waals surface area contributed by atoms with Gasteiger partial charge in [0.1, 0.15) is 11.7 Å². The summed E-state index contributed by atoms with van der Waals surface area (Å²) in [4.78, 5) is 10.8. The predicted octanol–water partition coefficient (Wildman–Crippen LogP) is 1.42. The van der Waals surface area contributed by atoms with Gasteiger partial charge in [-0.25, -0.2) is 0 Å². The van der Waals surface area contributed by atoms with Crippen LogP contribution >= 0.6 is 11.6 Å². The molecular weight excluding hydrogens is 263 g/mol. The summed E-state index contributed by atoms with van der Waals surface area (Å²) in [6.45, 7) is 1.62. The molecular formula is C9H13ClF3NO3. The Hall–Kier alpha value is -0.530. The summed E-state index contributed by atoms with van der Waals surface area (Å²) in [6.07, 6.45) is -6.00. The lowest BCUT2D eigenvalue weighted by Gasteiger charge is -2.38. The van der Waals surface area contributed by atoms with Crippen LogP contribution in [0.3, 0.4) is 0 Å². The van der Waals surface area contributed by atoms with Gasteiger partial charge in [0.2, 0.25) is 0 Å². The molecule has 1 N–H and O–H groups in total. The summed E-state index contributed by atoms with van der Waals surface area (Å²) < 4.78 is 46.5. The Kier molecular flexibility index (Phi) is 4.62. The van der Waals surface area contributed by atoms with E-state index in [2.05, 4.69) is 0 Å². The van der Waals surface area contributed by atoms with E-state index < -0.39 is 35.9 Å². The highest BCUT2D eigenvalue weighted by Crippen LogP contribution is 2.25. The average Bonchev–Trinajstić information content (AvgIpc) is 2.15. The SMILES string of the molecule is CO[C@@H]1[C@@H](NC(=O)C(F)(F)F)C[C@@H](Cl)O[C@@H]1C. The monoisotopic (exact) mass is 275 g/mol. The number of amides is 1. The minimum absolute atomic E-state index is 0.0617. The zero-order chi connectivity index (χ0) is 13.2. The number of nitrogens with one attached hydrogen (secondary N) is 1. The highest BCUT2D eigenvalue weighted by atomic mass is 35.5. The molecule has 17 heavy (non-hydrogen) atoms. The van der Waals surface area contributed by atoms with Crippen molar-refractivity contribution in [1.82, 2.24) is 5.32 Å². The molecule has 0 aromatic rings. The molecule has 0 aromatic heterocycles. The predicted molar refractivity (Wildman–Crippen MR) is 53.6 cm³/mol. The molecule has 0 spiro atoms. The van der Waals surface area contributed by atoms with Crippen molar-refractivity contribution in [2.75, 3.05) is 7.11 Å². The van der Waals surface area contributed by atoms with Crippen LogP contribution in [0, 0.1) is 0 Å². The molecule has 0 saturated carbocycles. The molecule has 1 heterocycles. The lowest BCUT2D eigenvalue weighted by atomic mass is 10.00. The van der Waals surface area contributed by atoms with Crippen molar-refractivity contribution >= 4 is 17.5 Å². The molecule has 1 aliphatic heterocycles. The lowest BCUT2D eigenvalue weighted by molar-refractivity contribution is -0.178. The van der Waals surface area contributed by atoms with E-state index in [-0.39, 0.29) is 6.42 Å². The van der Waals surface area contributed by atoms with E-state index in [9.17, 15) is 18.0 Å². The maximum Gasteiger partial charge on any atom is 0.471 e. The lowest BCUT2D eigenvalue weighted by Crippen LogP contribution is -2.56. The molecule has 4 nitrogen and oxygen atoms in total. The molecule has 0 aromatic carbocycles. The second kappa shape index (κ2) is 5.41. The third-order valence-electron chi connectivity index (χ3n) is 2.51. The summed E-state index contributed by atoms with van der Waals surface area (Å²) in [7, 11) is 1.34. The fourth-order valence-electron chi connectivity index (χ4n) is 1.77. The van der Waals surface area contributed by atoms with E-state index in [0.29, 0.717) is 0 Å². The first kappa shape index (κ1) is 14.5. The Morgan fingerprint density at radius 1 is 1.53 bits per heavy atom. The van der Waals surface area contributed by atoms with Crippen LogP contribution in [0.5, 0.6) is 0 Å². The van der Waals surface area contributed by atoms with Gasteiger partial charge in [0.05, 0.1) is 12.1 Å². The summed E-state index contributed by atoms with van der Waals surface area (Å²) in [6, 6.07) is -0.819. The standard InChI is InChI=1S/C9H13ClF3NO3/c1-4-7(16-2)5(3-6(10)17-4)14-8(15)9(11,12)13/h4-7H,3H2,1-2H3,(H,14,15)/t4-,5+,6+,7+/m1/s1. The maximum absolute atomic E-state index is 12.1. The molecule has 0 radical (unpaired) electrons. The van der Waals surface area contributed by atoms with Crippen molar-refractivity contribution < 1.29 is 27.4 Å². The third-order valence-corrected chi connectivity index (χ3v) is 2.79. The Morgan fingerprint density at radius 3 is 2.59 bits per heavy atom. The van der Waals surface area contributed by atoms with Gasteiger partial charge in [0.15, 0.2) is 0 Å². The fraction of sp³-hybridized carbons (Fsp3) is 0.889. The number of alkyl halides is 4. The second-order valence-corrected chi connectivity index (χ2v) is 4.25. The maximum atomic E-state index is 12.1. The molecule has 100 valence electrons. The van der Waals surface area contributed by atoms with Gasteiger partial charge in [-0.05, 0) is 6.92 Å². The van der Waals surface area contributed by atoms with Crippen LogP contribution in [0.25, 0.3) is 0 Å². The number of methoxy groups -OCH3 is 1. The minimum atomic E-state index is -4.92. The first-order valence-corrected chi connectivity index (χ1v) is 5.39. The molecule has 8 heteroatoms. The van der Waals surface area contributed by atoms with Crippen LogP contribution in [0.2, 0.25) is 0 Å². The Morgan fingerprint density at radius 2 is 2.12 bits per heavy atom. The van der Waals surface area contributed by atoms with E-state index in [0.717, 1.165) is 0 Å². The largest absolute Gasteiger partial charge is 0.471 e. The zero-order valence-corrected chi connectivity index (χ0v) is 10.0. The average molecular weight is 276 g/mol. The number of hydrogen-bond donors (Lipinski definition) is 1. The van der Waals surface area contributed by atoms with Crippen molar-refractivity contribution in [3.05, 3.63) is 0 Å². The second-order valence-electron chi connectivity index (χ2n) is 3.76. The van der Waals surface area contributed by atoms with Crippen LogP contribution in [0.15, 0.2) is 0 Å². The number of rotatable bonds is 2. The van der Waals surface area contributed by atoms with Gasteiger partial charge < -0.3 is 14.8 Å². The molecule has 4 atom stereocenters. The molecule has 1 fully saturated rings. The van der Waals surface area contributed by atoms with Gasteiger partial charge in [0.25, 0.3) is 0 Å². The van der Waals surface area contributed by atoms with E-state index in [4.69, 9.17) is 21.1 Å². The van der Waals surface area contributed by atoms with Crippen molar-refractivity contribution in [3.8, 4) is 0 Å². The number of halogens is 4. The molecule has 1 rings (SSSR count). The number of carbonyl (C=O) groups excluding carboxylic acids is 1. The van der Waals surface area contributed by atoms with Crippen molar-refractivity contribution in [3.63, 3.8) is 0 Å². The van der Waals surface area contributed by atoms with E-state index >= 15 is 0 Å². The zero-order valence-electron chi connectivity index (χ0n) is 9.25. The van der Waals surface area contributed by atoms with Crippen LogP contribution < -0.4 is 5.32 Å². The van der Waals surface area contributed by atoms with E-state index in [1.165, 1.54) is 7.11 Å². The number of hydrogen-bond acceptors (Lipinski definition) is 3. The molecule has 0 bridgehead atoms. The van der Waals surface area contributed by atoms with Crippen molar-refractivity contribution in [2.24, 2.45) is 0 Å². The highest BCUT2D eigenvalue weighted by Gasteiger charge is 2.43. The number of carbonyl (C=O) groups is 1. The Labute approximate surface area is 101 Å². The van der Waals surface area contributed by atoms with Gasteiger partial charge in [-0.15, -0.1) is 0 Å². The van der Waals surface area contributed by atoms with Gasteiger partial charge in [-0.1, -0.05) is 11.6 Å². The molecule has 1 amide bonds. The quantitative estimate of drug-likeness (QED) is 0.776. The topological polar surface area (TPSA) is 47.6 Å². The van der Waals surface area contributed by atoms with Crippen molar-refractivity contribution in [1.29, 1.82) is 0 Å². The summed E-state index contributed by atoms with van der Waals surface area (Å²) in [5, 5.41) is 1.87. The van der Waals surface area contributed by atoms with Crippen LogP contribution in [0.1, 0.15) is 13.3 Å². The van der Waals surface area contributed by atoms with Crippen LogP contribution in [-0.2, 0) is 14.3 Å². The summed E-state index contributed by atoms with van der Waals surface area (Å²) in [5.74, 6) is -2.00. The summed E-state index contributed by atoms with van der Waals surface area (Å²) in [5.41, 5.74) is -0.741. The van der Waals surface area contributed by atoms with E-state index in [1.54, 1.807) is 6.92 Å². The van der Waals surface area contributed by atoms with E-state index in [1.807, 2.05) is 5.32 Å². The van der Waals surface area contributed by atoms with Crippen LogP contribution in [0.4, 0.5) is 13.2 Å². The molecule has 1 aliphatic rings. The van der Waals surface area contributed by atoms with Crippen LogP contribution in [-0.4, -0.2) is 43.0 Å². The van der Waals surface area contributed by atoms with Crippen molar-refractivity contribution in [2.45, 2.75) is 43.3 Å². The summed E-state index contributed by atoms with van der Waals surface area (Å²) >= 11 is 5.72. The first-order chi connectivity index (χ1) is 7.75. The number of ether oxygens (including phenoxy) is 2. The molecule has 0 unspecified atom stereocenters.